The first-order valence-corrected chi connectivity index (χ1v) is 5.20. The van der Waals surface area contributed by atoms with Crippen LogP contribution in [0.25, 0.3) is 0 Å². The molecule has 1 heterocycles. The Morgan fingerprint density at radius 1 is 1.56 bits per heavy atom. The van der Waals surface area contributed by atoms with Gasteiger partial charge in [0.2, 0.25) is 0 Å². The number of aryl methyl sites for hydroxylation is 1. The molecule has 0 atom stereocenters. The van der Waals surface area contributed by atoms with Crippen molar-refractivity contribution in [3.8, 4) is 0 Å². The lowest BCUT2D eigenvalue weighted by Crippen LogP contribution is -2.26. The second-order valence-electron chi connectivity index (χ2n) is 4.04. The first kappa shape index (κ1) is 14.5. The zero-order valence-corrected chi connectivity index (χ0v) is 10.0. The van der Waals surface area contributed by atoms with Crippen molar-refractivity contribution >= 4 is 5.97 Å². The summed E-state index contributed by atoms with van der Waals surface area (Å²) in [6.45, 7) is -0.0814. The van der Waals surface area contributed by atoms with E-state index in [0.717, 1.165) is 0 Å². The predicted octanol–water partition coefficient (Wildman–Crippen LogP) is 1.50. The molecule has 0 aromatic carbocycles. The lowest BCUT2D eigenvalue weighted by Gasteiger charge is -2.18. The van der Waals surface area contributed by atoms with Crippen LogP contribution in [0.1, 0.15) is 22.5 Å². The number of carboxylic acids is 1. The average molecular weight is 265 g/mol. The highest BCUT2D eigenvalue weighted by molar-refractivity contribution is 5.88. The van der Waals surface area contributed by atoms with Crippen LogP contribution >= 0.6 is 0 Å². The predicted molar refractivity (Wildman–Crippen MR) is 57.2 cm³/mol. The van der Waals surface area contributed by atoms with Gasteiger partial charge in [0.1, 0.15) is 5.56 Å². The van der Waals surface area contributed by atoms with Gasteiger partial charge < -0.3 is 10.0 Å². The summed E-state index contributed by atoms with van der Waals surface area (Å²) in [5.74, 6) is -1.14. The van der Waals surface area contributed by atoms with E-state index in [0.29, 0.717) is 5.69 Å². The van der Waals surface area contributed by atoms with Gasteiger partial charge in [0.05, 0.1) is 18.3 Å². The smallest absolute Gasteiger partial charge is 0.390 e. The summed E-state index contributed by atoms with van der Waals surface area (Å²) in [6, 6.07) is 0. The van der Waals surface area contributed by atoms with Gasteiger partial charge in [0.25, 0.3) is 0 Å². The lowest BCUT2D eigenvalue weighted by molar-refractivity contribution is -0.137. The van der Waals surface area contributed by atoms with E-state index < -0.39 is 18.6 Å². The summed E-state index contributed by atoms with van der Waals surface area (Å²) in [7, 11) is 3.06. The number of hydrogen-bond acceptors (Lipinski definition) is 3. The van der Waals surface area contributed by atoms with Crippen LogP contribution in [-0.2, 0) is 13.6 Å². The van der Waals surface area contributed by atoms with Crippen LogP contribution in [-0.4, -0.2) is 45.5 Å². The molecular weight excluding hydrogens is 251 g/mol. The van der Waals surface area contributed by atoms with E-state index in [2.05, 4.69) is 5.10 Å². The van der Waals surface area contributed by atoms with Crippen molar-refractivity contribution in [2.45, 2.75) is 19.1 Å². The third-order valence-electron chi connectivity index (χ3n) is 2.49. The van der Waals surface area contributed by atoms with Crippen molar-refractivity contribution in [3.63, 3.8) is 0 Å². The van der Waals surface area contributed by atoms with Gasteiger partial charge in [-0.25, -0.2) is 4.79 Å². The van der Waals surface area contributed by atoms with E-state index in [1.54, 1.807) is 7.05 Å². The zero-order valence-electron chi connectivity index (χ0n) is 10.0. The third-order valence-corrected chi connectivity index (χ3v) is 2.49. The number of carbonyl (C=O) groups is 1. The number of aromatic nitrogens is 2. The SMILES string of the molecule is CN(CCC(F)(F)F)Cc1c(C(=O)O)cnn1C. The van der Waals surface area contributed by atoms with Crippen LogP contribution in [0, 0.1) is 0 Å². The number of aromatic carboxylic acids is 1. The Kier molecular flexibility index (Phi) is 4.33. The molecule has 102 valence electrons. The highest BCUT2D eigenvalue weighted by Crippen LogP contribution is 2.20. The third kappa shape index (κ3) is 4.02. The number of halogens is 3. The van der Waals surface area contributed by atoms with Crippen molar-refractivity contribution in [1.29, 1.82) is 0 Å². The van der Waals surface area contributed by atoms with Gasteiger partial charge in [-0.3, -0.25) is 4.68 Å². The molecule has 18 heavy (non-hydrogen) atoms. The van der Waals surface area contributed by atoms with E-state index in [-0.39, 0.29) is 18.7 Å². The summed E-state index contributed by atoms with van der Waals surface area (Å²) >= 11 is 0. The molecule has 5 nitrogen and oxygen atoms in total. The van der Waals surface area contributed by atoms with Crippen molar-refractivity contribution in [2.75, 3.05) is 13.6 Å². The van der Waals surface area contributed by atoms with Crippen LogP contribution in [0.5, 0.6) is 0 Å². The van der Waals surface area contributed by atoms with Crippen molar-refractivity contribution in [1.82, 2.24) is 14.7 Å². The molecule has 0 aliphatic rings. The van der Waals surface area contributed by atoms with Crippen molar-refractivity contribution in [3.05, 3.63) is 17.5 Å². The fourth-order valence-corrected chi connectivity index (χ4v) is 1.48. The monoisotopic (exact) mass is 265 g/mol. The standard InChI is InChI=1S/C10H14F3N3O2/c1-15(4-3-10(11,12)13)6-8-7(9(17)18)5-14-16(8)2/h5H,3-4,6H2,1-2H3,(H,17,18). The quantitative estimate of drug-likeness (QED) is 0.876. The Hall–Kier alpha value is -1.57. The molecule has 0 amide bonds. The Labute approximate surface area is 102 Å². The van der Waals surface area contributed by atoms with Gasteiger partial charge in [-0.2, -0.15) is 18.3 Å². The molecule has 0 fully saturated rings. The highest BCUT2D eigenvalue weighted by Gasteiger charge is 2.27. The Bertz CT molecular complexity index is 428. The molecule has 1 N–H and O–H groups in total. The van der Waals surface area contributed by atoms with Gasteiger partial charge in [-0.05, 0) is 7.05 Å². The summed E-state index contributed by atoms with van der Waals surface area (Å²) in [5.41, 5.74) is 0.392. The first-order chi connectivity index (χ1) is 8.20. The first-order valence-electron chi connectivity index (χ1n) is 5.20. The number of alkyl halides is 3. The fraction of sp³-hybridized carbons (Fsp3) is 0.600. The Morgan fingerprint density at radius 2 is 2.17 bits per heavy atom. The molecule has 0 bridgehead atoms. The number of rotatable bonds is 5. The van der Waals surface area contributed by atoms with E-state index in [1.807, 2.05) is 0 Å². The van der Waals surface area contributed by atoms with Crippen LogP contribution in [0.2, 0.25) is 0 Å². The highest BCUT2D eigenvalue weighted by atomic mass is 19.4. The Morgan fingerprint density at radius 3 is 2.67 bits per heavy atom. The molecule has 0 aliphatic carbocycles. The van der Waals surface area contributed by atoms with Crippen molar-refractivity contribution in [2.24, 2.45) is 7.05 Å². The van der Waals surface area contributed by atoms with Gasteiger partial charge in [-0.1, -0.05) is 0 Å². The topological polar surface area (TPSA) is 58.4 Å². The molecule has 0 saturated heterocycles. The minimum Gasteiger partial charge on any atom is -0.478 e. The number of nitrogens with zero attached hydrogens (tertiary/aromatic N) is 3. The maximum atomic E-state index is 12.0. The minimum absolute atomic E-state index is 0.0105. The molecule has 1 aromatic heterocycles. The summed E-state index contributed by atoms with van der Waals surface area (Å²) in [4.78, 5) is 12.3. The minimum atomic E-state index is -4.21. The molecule has 1 aromatic rings. The largest absolute Gasteiger partial charge is 0.478 e. The zero-order chi connectivity index (χ0) is 13.9. The van der Waals surface area contributed by atoms with Crippen LogP contribution < -0.4 is 0 Å². The molecule has 0 saturated carbocycles. The summed E-state index contributed by atoms with van der Waals surface area (Å²) in [5, 5.41) is 12.7. The maximum Gasteiger partial charge on any atom is 0.390 e. The maximum absolute atomic E-state index is 12.0. The van der Waals surface area contributed by atoms with Gasteiger partial charge >= 0.3 is 12.1 Å². The second kappa shape index (κ2) is 5.38. The molecular formula is C10H14F3N3O2. The lowest BCUT2D eigenvalue weighted by atomic mass is 10.2. The van der Waals surface area contributed by atoms with E-state index >= 15 is 0 Å². The van der Waals surface area contributed by atoms with Gasteiger partial charge in [0.15, 0.2) is 0 Å². The van der Waals surface area contributed by atoms with E-state index in [9.17, 15) is 18.0 Å². The molecule has 1 rings (SSSR count). The molecule has 0 radical (unpaired) electrons. The van der Waals surface area contributed by atoms with Gasteiger partial charge in [0, 0.05) is 20.1 Å². The average Bonchev–Trinajstić information content (AvgIpc) is 2.57. The summed E-state index contributed by atoms with van der Waals surface area (Å²) in [6.07, 6.45) is -3.95. The van der Waals surface area contributed by atoms with Crippen LogP contribution in [0.4, 0.5) is 13.2 Å². The molecule has 0 aliphatic heterocycles. The molecule has 0 unspecified atom stereocenters. The normalized spacial score (nSPS) is 12.1. The molecule has 8 heteroatoms. The van der Waals surface area contributed by atoms with E-state index in [1.165, 1.54) is 22.8 Å². The van der Waals surface area contributed by atoms with E-state index in [4.69, 9.17) is 5.11 Å². The summed E-state index contributed by atoms with van der Waals surface area (Å²) < 4.78 is 37.5. The fourth-order valence-electron chi connectivity index (χ4n) is 1.48. The number of hydrogen-bond donors (Lipinski definition) is 1. The van der Waals surface area contributed by atoms with Crippen LogP contribution in [0.15, 0.2) is 6.20 Å². The second-order valence-corrected chi connectivity index (χ2v) is 4.04. The number of carboxylic acid groups (broad SMARTS) is 1. The van der Waals surface area contributed by atoms with Crippen LogP contribution in [0.3, 0.4) is 0 Å². The van der Waals surface area contributed by atoms with Gasteiger partial charge in [-0.15, -0.1) is 0 Å². The van der Waals surface area contributed by atoms with Crippen molar-refractivity contribution < 1.29 is 23.1 Å². The Balaban J connectivity index is 2.67. The molecule has 0 spiro atoms.